The first-order chi connectivity index (χ1) is 7.22. The molecule has 1 aromatic rings. The van der Waals surface area contributed by atoms with Crippen LogP contribution in [-0.2, 0) is 4.79 Å². The number of nitrogen functional groups attached to an aromatic ring is 1. The Morgan fingerprint density at radius 2 is 2.47 bits per heavy atom. The highest BCUT2D eigenvalue weighted by atomic mass is 32.2. The minimum atomic E-state index is 0.0742. The van der Waals surface area contributed by atoms with Crippen molar-refractivity contribution < 1.29 is 4.79 Å². The molecule has 1 heterocycles. The predicted octanol–water partition coefficient (Wildman–Crippen LogP) is 0.998. The summed E-state index contributed by atoms with van der Waals surface area (Å²) < 4.78 is 0. The molecule has 0 atom stereocenters. The zero-order valence-electron chi connectivity index (χ0n) is 8.28. The predicted molar refractivity (Wildman–Crippen MR) is 62.1 cm³/mol. The summed E-state index contributed by atoms with van der Waals surface area (Å²) >= 11 is 1.19. The summed E-state index contributed by atoms with van der Waals surface area (Å²) in [5, 5.41) is 0.0742. The molecule has 4 nitrogen and oxygen atoms in total. The second-order valence-corrected chi connectivity index (χ2v) is 3.81. The standard InChI is InChI=1S/C10H11N3OS/c1-8(14)15-6-2-3-9-4-5-10(13-11)12-7-9/h4-5,7H,6,11H2,1H3,(H,12,13). The third-order valence-electron chi connectivity index (χ3n) is 1.49. The van der Waals surface area contributed by atoms with E-state index in [1.807, 2.05) is 6.07 Å². The molecule has 0 amide bonds. The van der Waals surface area contributed by atoms with Crippen LogP contribution in [0.1, 0.15) is 12.5 Å². The Hall–Kier alpha value is -1.51. The highest BCUT2D eigenvalue weighted by Crippen LogP contribution is 2.02. The molecular weight excluding hydrogens is 210 g/mol. The summed E-state index contributed by atoms with van der Waals surface area (Å²) in [7, 11) is 0. The van der Waals surface area contributed by atoms with E-state index in [-0.39, 0.29) is 5.12 Å². The Morgan fingerprint density at radius 3 is 3.00 bits per heavy atom. The number of nitrogens with two attached hydrogens (primary N) is 1. The monoisotopic (exact) mass is 221 g/mol. The van der Waals surface area contributed by atoms with E-state index in [0.717, 1.165) is 5.56 Å². The first-order valence-corrected chi connectivity index (χ1v) is 5.26. The summed E-state index contributed by atoms with van der Waals surface area (Å²) in [6, 6.07) is 3.55. The molecule has 0 saturated carbocycles. The van der Waals surface area contributed by atoms with Crippen molar-refractivity contribution in [3.63, 3.8) is 0 Å². The lowest BCUT2D eigenvalue weighted by atomic mass is 10.3. The summed E-state index contributed by atoms with van der Waals surface area (Å²) in [4.78, 5) is 14.6. The number of hydrogen-bond acceptors (Lipinski definition) is 5. The van der Waals surface area contributed by atoms with Crippen LogP contribution < -0.4 is 11.3 Å². The van der Waals surface area contributed by atoms with Gasteiger partial charge in [-0.1, -0.05) is 23.6 Å². The molecule has 0 unspecified atom stereocenters. The molecule has 0 fully saturated rings. The summed E-state index contributed by atoms with van der Waals surface area (Å²) in [5.74, 6) is 12.0. The van der Waals surface area contributed by atoms with E-state index in [0.29, 0.717) is 11.6 Å². The summed E-state index contributed by atoms with van der Waals surface area (Å²) in [5.41, 5.74) is 3.23. The van der Waals surface area contributed by atoms with E-state index in [2.05, 4.69) is 22.3 Å². The van der Waals surface area contributed by atoms with Crippen molar-refractivity contribution in [2.75, 3.05) is 11.2 Å². The van der Waals surface area contributed by atoms with Crippen molar-refractivity contribution in [3.05, 3.63) is 23.9 Å². The van der Waals surface area contributed by atoms with Gasteiger partial charge in [0.15, 0.2) is 5.12 Å². The fourth-order valence-corrected chi connectivity index (χ4v) is 1.18. The number of nitrogens with zero attached hydrogens (tertiary/aromatic N) is 1. The Balaban J connectivity index is 2.52. The molecule has 0 saturated heterocycles. The first kappa shape index (κ1) is 11.6. The van der Waals surface area contributed by atoms with Gasteiger partial charge in [0, 0.05) is 18.7 Å². The molecule has 0 aliphatic rings. The normalized spacial score (nSPS) is 8.93. The van der Waals surface area contributed by atoms with Gasteiger partial charge in [-0.05, 0) is 12.1 Å². The molecule has 0 aliphatic heterocycles. The van der Waals surface area contributed by atoms with Crippen LogP contribution in [0.3, 0.4) is 0 Å². The van der Waals surface area contributed by atoms with Crippen molar-refractivity contribution >= 4 is 22.7 Å². The number of nitrogens with one attached hydrogen (secondary N) is 1. The molecule has 1 aromatic heterocycles. The second-order valence-electron chi connectivity index (χ2n) is 2.66. The van der Waals surface area contributed by atoms with E-state index in [1.165, 1.54) is 18.7 Å². The number of aromatic nitrogens is 1. The molecule has 5 heteroatoms. The topological polar surface area (TPSA) is 68.0 Å². The zero-order valence-corrected chi connectivity index (χ0v) is 9.10. The minimum Gasteiger partial charge on any atom is -0.308 e. The van der Waals surface area contributed by atoms with Gasteiger partial charge >= 0.3 is 0 Å². The van der Waals surface area contributed by atoms with E-state index >= 15 is 0 Å². The zero-order chi connectivity index (χ0) is 11.1. The Labute approximate surface area is 92.6 Å². The van der Waals surface area contributed by atoms with E-state index in [1.54, 1.807) is 12.3 Å². The van der Waals surface area contributed by atoms with Crippen LogP contribution in [-0.4, -0.2) is 15.9 Å². The molecular formula is C10H11N3OS. The van der Waals surface area contributed by atoms with Gasteiger partial charge in [-0.2, -0.15) is 0 Å². The number of rotatable bonds is 2. The Kier molecular flexibility index (Phi) is 4.68. The molecule has 78 valence electrons. The SMILES string of the molecule is CC(=O)SCC#Cc1ccc(NN)nc1. The van der Waals surface area contributed by atoms with Crippen molar-refractivity contribution in [2.24, 2.45) is 5.84 Å². The Morgan fingerprint density at radius 1 is 1.67 bits per heavy atom. The molecule has 3 N–H and O–H groups in total. The third kappa shape index (κ3) is 4.49. The molecule has 15 heavy (non-hydrogen) atoms. The number of hydrogen-bond donors (Lipinski definition) is 2. The van der Waals surface area contributed by atoms with E-state index in [4.69, 9.17) is 5.84 Å². The fraction of sp³-hybridized carbons (Fsp3) is 0.200. The van der Waals surface area contributed by atoms with Crippen LogP contribution in [0, 0.1) is 11.8 Å². The quantitative estimate of drug-likeness (QED) is 0.443. The summed E-state index contributed by atoms with van der Waals surface area (Å²) in [6.45, 7) is 1.52. The number of thioether (sulfide) groups is 1. The molecule has 0 aliphatic carbocycles. The van der Waals surface area contributed by atoms with Gasteiger partial charge in [-0.15, -0.1) is 0 Å². The van der Waals surface area contributed by atoms with Gasteiger partial charge in [-0.25, -0.2) is 10.8 Å². The first-order valence-electron chi connectivity index (χ1n) is 4.27. The number of carbonyl (C=O) groups is 1. The second kappa shape index (κ2) is 6.06. The molecule has 0 aromatic carbocycles. The fourth-order valence-electron chi connectivity index (χ4n) is 0.829. The lowest BCUT2D eigenvalue weighted by Gasteiger charge is -1.96. The maximum absolute atomic E-state index is 10.6. The number of carbonyl (C=O) groups excluding carboxylic acids is 1. The van der Waals surface area contributed by atoms with Gasteiger partial charge in [-0.3, -0.25) is 4.79 Å². The van der Waals surface area contributed by atoms with Crippen LogP contribution in [0.4, 0.5) is 5.82 Å². The van der Waals surface area contributed by atoms with Gasteiger partial charge < -0.3 is 5.43 Å². The van der Waals surface area contributed by atoms with Crippen LogP contribution in [0.15, 0.2) is 18.3 Å². The van der Waals surface area contributed by atoms with Gasteiger partial charge in [0.1, 0.15) is 5.82 Å². The van der Waals surface area contributed by atoms with Crippen LogP contribution >= 0.6 is 11.8 Å². The highest BCUT2D eigenvalue weighted by molar-refractivity contribution is 8.13. The molecule has 0 bridgehead atoms. The lowest BCUT2D eigenvalue weighted by Crippen LogP contribution is -2.07. The smallest absolute Gasteiger partial charge is 0.186 e. The number of anilines is 1. The molecule has 0 radical (unpaired) electrons. The van der Waals surface area contributed by atoms with Crippen molar-refractivity contribution in [2.45, 2.75) is 6.92 Å². The molecule has 0 spiro atoms. The highest BCUT2D eigenvalue weighted by Gasteiger charge is 1.91. The molecule has 1 rings (SSSR count). The number of pyridine rings is 1. The average molecular weight is 221 g/mol. The van der Waals surface area contributed by atoms with Crippen LogP contribution in [0.25, 0.3) is 0 Å². The van der Waals surface area contributed by atoms with Gasteiger partial charge in [0.2, 0.25) is 0 Å². The van der Waals surface area contributed by atoms with Crippen molar-refractivity contribution in [1.29, 1.82) is 0 Å². The largest absolute Gasteiger partial charge is 0.308 e. The van der Waals surface area contributed by atoms with Crippen molar-refractivity contribution in [1.82, 2.24) is 4.98 Å². The maximum atomic E-state index is 10.6. The minimum absolute atomic E-state index is 0.0742. The third-order valence-corrected chi connectivity index (χ3v) is 2.19. The van der Waals surface area contributed by atoms with E-state index < -0.39 is 0 Å². The average Bonchev–Trinajstić information content (AvgIpc) is 2.25. The summed E-state index contributed by atoms with van der Waals surface area (Å²) in [6.07, 6.45) is 1.63. The van der Waals surface area contributed by atoms with Gasteiger partial charge in [0.25, 0.3) is 0 Å². The number of hydrazine groups is 1. The maximum Gasteiger partial charge on any atom is 0.186 e. The Bertz CT molecular complexity index is 391. The lowest BCUT2D eigenvalue weighted by molar-refractivity contribution is -0.109. The van der Waals surface area contributed by atoms with Crippen LogP contribution in [0.2, 0.25) is 0 Å². The van der Waals surface area contributed by atoms with Crippen LogP contribution in [0.5, 0.6) is 0 Å². The van der Waals surface area contributed by atoms with Gasteiger partial charge in [0.05, 0.1) is 5.75 Å². The van der Waals surface area contributed by atoms with E-state index in [9.17, 15) is 4.79 Å². The van der Waals surface area contributed by atoms with Crippen molar-refractivity contribution in [3.8, 4) is 11.8 Å².